The Labute approximate surface area is 171 Å². The number of fused-ring (bicyclic) bond motifs is 1. The van der Waals surface area contributed by atoms with Gasteiger partial charge in [0, 0.05) is 29.7 Å². The number of imide groups is 1. The summed E-state index contributed by atoms with van der Waals surface area (Å²) in [5, 5.41) is 9.76. The third-order valence-electron chi connectivity index (χ3n) is 4.78. The Bertz CT molecular complexity index is 1240. The van der Waals surface area contributed by atoms with Gasteiger partial charge in [0.2, 0.25) is 0 Å². The van der Waals surface area contributed by atoms with Gasteiger partial charge in [-0.3, -0.25) is 14.6 Å². The Morgan fingerprint density at radius 3 is 2.20 bits per heavy atom. The Kier molecular flexibility index (Phi) is 4.25. The van der Waals surface area contributed by atoms with E-state index in [1.807, 2.05) is 42.5 Å². The van der Waals surface area contributed by atoms with E-state index in [4.69, 9.17) is 0 Å². The number of para-hydroxylation sites is 1. The highest BCUT2D eigenvalue weighted by molar-refractivity contribution is 6.21. The van der Waals surface area contributed by atoms with Crippen LogP contribution in [0.1, 0.15) is 26.3 Å². The van der Waals surface area contributed by atoms with Gasteiger partial charge in [-0.25, -0.2) is 4.68 Å². The predicted molar refractivity (Wildman–Crippen MR) is 111 cm³/mol. The molecule has 0 unspecified atom stereocenters. The first-order valence-electron chi connectivity index (χ1n) is 9.29. The minimum atomic E-state index is -0.440. The van der Waals surface area contributed by atoms with Gasteiger partial charge < -0.3 is 0 Å². The summed E-state index contributed by atoms with van der Waals surface area (Å²) < 4.78 is 1.73. The van der Waals surface area contributed by atoms with Gasteiger partial charge in [-0.2, -0.15) is 15.2 Å². The molecule has 7 heteroatoms. The van der Waals surface area contributed by atoms with Crippen molar-refractivity contribution in [1.82, 2.24) is 19.8 Å². The lowest BCUT2D eigenvalue weighted by atomic mass is 10.1. The van der Waals surface area contributed by atoms with Crippen LogP contribution in [0.25, 0.3) is 16.9 Å². The van der Waals surface area contributed by atoms with Gasteiger partial charge in [-0.05, 0) is 36.4 Å². The van der Waals surface area contributed by atoms with Gasteiger partial charge in [0.05, 0.1) is 23.0 Å². The van der Waals surface area contributed by atoms with Crippen LogP contribution in [-0.4, -0.2) is 37.8 Å². The van der Waals surface area contributed by atoms with Gasteiger partial charge in [0.25, 0.3) is 11.8 Å². The van der Waals surface area contributed by atoms with Gasteiger partial charge in [0.15, 0.2) is 0 Å². The smallest absolute Gasteiger partial charge is 0.267 e. The molecule has 0 atom stereocenters. The molecule has 2 aromatic carbocycles. The van der Waals surface area contributed by atoms with Gasteiger partial charge in [-0.1, -0.05) is 30.3 Å². The molecule has 0 spiro atoms. The zero-order valence-corrected chi connectivity index (χ0v) is 15.7. The fraction of sp³-hybridized carbons (Fsp3) is 0. The van der Waals surface area contributed by atoms with Crippen LogP contribution < -0.4 is 0 Å². The number of carbonyl (C=O) groups excluding carboxylic acids is 2. The summed E-state index contributed by atoms with van der Waals surface area (Å²) in [5.41, 5.74) is 3.69. The molecule has 5 rings (SSSR count). The summed E-state index contributed by atoms with van der Waals surface area (Å²) in [6.07, 6.45) is 6.68. The van der Waals surface area contributed by atoms with Crippen molar-refractivity contribution in [2.45, 2.75) is 0 Å². The number of carbonyl (C=O) groups is 2. The van der Waals surface area contributed by atoms with Gasteiger partial charge >= 0.3 is 0 Å². The summed E-state index contributed by atoms with van der Waals surface area (Å²) in [6, 6.07) is 20.1. The van der Waals surface area contributed by atoms with E-state index in [0.717, 1.165) is 16.3 Å². The van der Waals surface area contributed by atoms with E-state index >= 15 is 0 Å². The summed E-state index contributed by atoms with van der Waals surface area (Å²) in [7, 11) is 0. The van der Waals surface area contributed by atoms with E-state index in [1.165, 1.54) is 6.21 Å². The molecule has 2 aromatic heterocycles. The maximum absolute atomic E-state index is 12.6. The number of hydrogen-bond acceptors (Lipinski definition) is 5. The van der Waals surface area contributed by atoms with Crippen LogP contribution in [-0.2, 0) is 0 Å². The number of benzene rings is 2. The second kappa shape index (κ2) is 7.21. The molecule has 3 heterocycles. The van der Waals surface area contributed by atoms with Crippen LogP contribution >= 0.6 is 0 Å². The van der Waals surface area contributed by atoms with E-state index in [1.54, 1.807) is 47.5 Å². The largest absolute Gasteiger partial charge is 0.282 e. The number of aromatic nitrogens is 3. The van der Waals surface area contributed by atoms with E-state index in [2.05, 4.69) is 15.2 Å². The number of hydrogen-bond donors (Lipinski definition) is 0. The van der Waals surface area contributed by atoms with E-state index < -0.39 is 11.8 Å². The topological polar surface area (TPSA) is 80.5 Å². The normalized spacial score (nSPS) is 13.3. The van der Waals surface area contributed by atoms with E-state index in [0.29, 0.717) is 22.4 Å². The molecule has 2 amide bonds. The molecular formula is C23H15N5O2. The zero-order chi connectivity index (χ0) is 20.5. The van der Waals surface area contributed by atoms with Crippen molar-refractivity contribution in [1.29, 1.82) is 0 Å². The SMILES string of the molecule is O=C1c2ccccc2C(=O)N1N=Cc1cn(-c2ccccc2)nc1-c1cccnc1. The van der Waals surface area contributed by atoms with Crippen LogP contribution in [0.4, 0.5) is 0 Å². The molecule has 1 aliphatic rings. The molecule has 7 nitrogen and oxygen atoms in total. The average Bonchev–Trinajstić information content (AvgIpc) is 3.34. The van der Waals surface area contributed by atoms with E-state index in [9.17, 15) is 9.59 Å². The Morgan fingerprint density at radius 1 is 0.833 bits per heavy atom. The summed E-state index contributed by atoms with van der Waals surface area (Å²) in [5.74, 6) is -0.879. The molecule has 4 aromatic rings. The summed E-state index contributed by atoms with van der Waals surface area (Å²) in [6.45, 7) is 0. The molecule has 0 N–H and O–H groups in total. The van der Waals surface area contributed by atoms with Crippen molar-refractivity contribution in [3.63, 3.8) is 0 Å². The summed E-state index contributed by atoms with van der Waals surface area (Å²) >= 11 is 0. The van der Waals surface area contributed by atoms with Crippen LogP contribution in [0.15, 0.2) is 90.4 Å². The second-order valence-corrected chi connectivity index (χ2v) is 6.67. The van der Waals surface area contributed by atoms with Crippen molar-refractivity contribution in [2.75, 3.05) is 0 Å². The number of nitrogens with zero attached hydrogens (tertiary/aromatic N) is 5. The van der Waals surface area contributed by atoms with Crippen molar-refractivity contribution in [2.24, 2.45) is 5.10 Å². The fourth-order valence-electron chi connectivity index (χ4n) is 3.32. The first kappa shape index (κ1) is 17.7. The maximum atomic E-state index is 12.6. The average molecular weight is 393 g/mol. The van der Waals surface area contributed by atoms with Gasteiger partial charge in [0.1, 0.15) is 5.69 Å². The molecule has 0 saturated heterocycles. The highest BCUT2D eigenvalue weighted by atomic mass is 16.2. The molecule has 0 saturated carbocycles. The summed E-state index contributed by atoms with van der Waals surface area (Å²) in [4.78, 5) is 29.3. The number of rotatable bonds is 4. The molecule has 0 fully saturated rings. The van der Waals surface area contributed by atoms with Crippen molar-refractivity contribution >= 4 is 18.0 Å². The molecule has 30 heavy (non-hydrogen) atoms. The Balaban J connectivity index is 1.55. The highest BCUT2D eigenvalue weighted by Crippen LogP contribution is 2.24. The minimum absolute atomic E-state index is 0.354. The third kappa shape index (κ3) is 2.98. The molecular weight excluding hydrogens is 378 g/mol. The molecule has 0 radical (unpaired) electrons. The molecule has 0 aliphatic carbocycles. The van der Waals surface area contributed by atoms with Crippen LogP contribution in [0.2, 0.25) is 0 Å². The monoisotopic (exact) mass is 393 g/mol. The second-order valence-electron chi connectivity index (χ2n) is 6.67. The van der Waals surface area contributed by atoms with Crippen molar-refractivity contribution in [3.8, 4) is 16.9 Å². The lowest BCUT2D eigenvalue weighted by Crippen LogP contribution is -2.24. The Morgan fingerprint density at radius 2 is 1.53 bits per heavy atom. The lowest BCUT2D eigenvalue weighted by molar-refractivity contribution is 0.0660. The standard InChI is InChI=1S/C23H15N5O2/c29-22-19-10-4-5-11-20(19)23(30)28(22)25-14-17-15-27(18-8-2-1-3-9-18)26-21(17)16-7-6-12-24-13-16/h1-15H. The first-order chi connectivity index (χ1) is 14.7. The molecule has 144 valence electrons. The van der Waals surface area contributed by atoms with Crippen LogP contribution in [0.5, 0.6) is 0 Å². The van der Waals surface area contributed by atoms with Crippen LogP contribution in [0.3, 0.4) is 0 Å². The highest BCUT2D eigenvalue weighted by Gasteiger charge is 2.35. The lowest BCUT2D eigenvalue weighted by Gasteiger charge is -2.05. The molecule has 0 bridgehead atoms. The fourth-order valence-corrected chi connectivity index (χ4v) is 3.32. The number of pyridine rings is 1. The quantitative estimate of drug-likeness (QED) is 0.392. The van der Waals surface area contributed by atoms with E-state index in [-0.39, 0.29) is 0 Å². The van der Waals surface area contributed by atoms with Crippen molar-refractivity contribution < 1.29 is 9.59 Å². The van der Waals surface area contributed by atoms with Gasteiger partial charge in [-0.15, -0.1) is 0 Å². The Hall–Kier alpha value is -4.39. The number of hydrazone groups is 1. The molecule has 1 aliphatic heterocycles. The predicted octanol–water partition coefficient (Wildman–Crippen LogP) is 3.56. The van der Waals surface area contributed by atoms with Crippen molar-refractivity contribution in [3.05, 3.63) is 102 Å². The first-order valence-corrected chi connectivity index (χ1v) is 9.29. The zero-order valence-electron chi connectivity index (χ0n) is 15.7. The third-order valence-corrected chi connectivity index (χ3v) is 4.78. The minimum Gasteiger partial charge on any atom is -0.267 e. The maximum Gasteiger partial charge on any atom is 0.282 e. The number of amides is 2. The van der Waals surface area contributed by atoms with Crippen LogP contribution in [0, 0.1) is 0 Å².